The minimum absolute atomic E-state index is 0.248. The zero-order valence-electron chi connectivity index (χ0n) is 12.6. The monoisotopic (exact) mass is 259 g/mol. The summed E-state index contributed by atoms with van der Waals surface area (Å²) in [7, 11) is 0. The third kappa shape index (κ3) is 2.46. The van der Waals surface area contributed by atoms with E-state index in [1.54, 1.807) is 0 Å². The summed E-state index contributed by atoms with van der Waals surface area (Å²) in [5.74, 6) is 0.407. The van der Waals surface area contributed by atoms with Crippen LogP contribution in [0, 0.1) is 20.8 Å². The van der Waals surface area contributed by atoms with Crippen LogP contribution in [0.4, 0.5) is 0 Å². The van der Waals surface area contributed by atoms with Gasteiger partial charge < -0.3 is 5.32 Å². The number of benzene rings is 1. The first-order valence-corrected chi connectivity index (χ1v) is 7.33. The zero-order chi connectivity index (χ0) is 14.0. The maximum absolute atomic E-state index is 12.7. The van der Waals surface area contributed by atoms with Crippen molar-refractivity contribution >= 4 is 5.78 Å². The normalized spacial score (nSPS) is 18.3. The third-order valence-corrected chi connectivity index (χ3v) is 4.47. The maximum atomic E-state index is 12.7. The Labute approximate surface area is 116 Å². The SMILES string of the molecule is CCC(=O)C1(c2c(C)cc(C)cc2C)CCNCC1. The number of carbonyl (C=O) groups excluding carboxylic acids is 1. The van der Waals surface area contributed by atoms with E-state index in [1.165, 1.54) is 22.3 Å². The molecule has 1 heterocycles. The van der Waals surface area contributed by atoms with Gasteiger partial charge in [0.25, 0.3) is 0 Å². The van der Waals surface area contributed by atoms with Crippen LogP contribution < -0.4 is 5.32 Å². The van der Waals surface area contributed by atoms with Gasteiger partial charge >= 0.3 is 0 Å². The molecule has 19 heavy (non-hydrogen) atoms. The molecular weight excluding hydrogens is 234 g/mol. The highest BCUT2D eigenvalue weighted by atomic mass is 16.1. The predicted octanol–water partition coefficient (Wildman–Crippen LogP) is 3.21. The highest BCUT2D eigenvalue weighted by Crippen LogP contribution is 2.39. The second kappa shape index (κ2) is 5.46. The van der Waals surface area contributed by atoms with Crippen molar-refractivity contribution in [2.24, 2.45) is 0 Å². The molecule has 1 saturated heterocycles. The number of hydrogen-bond acceptors (Lipinski definition) is 2. The van der Waals surface area contributed by atoms with Crippen LogP contribution >= 0.6 is 0 Å². The van der Waals surface area contributed by atoms with Crippen molar-refractivity contribution in [3.05, 3.63) is 34.4 Å². The van der Waals surface area contributed by atoms with Crippen molar-refractivity contribution in [2.45, 2.75) is 52.4 Å². The van der Waals surface area contributed by atoms with E-state index in [4.69, 9.17) is 0 Å². The molecule has 2 heteroatoms. The Morgan fingerprint density at radius 2 is 1.68 bits per heavy atom. The zero-order valence-corrected chi connectivity index (χ0v) is 12.6. The van der Waals surface area contributed by atoms with Gasteiger partial charge in [-0.3, -0.25) is 4.79 Å². The molecule has 2 rings (SSSR count). The van der Waals surface area contributed by atoms with Gasteiger partial charge in [0.2, 0.25) is 0 Å². The molecule has 0 atom stereocenters. The second-order valence-electron chi connectivity index (χ2n) is 5.88. The molecule has 1 N–H and O–H groups in total. The lowest BCUT2D eigenvalue weighted by atomic mass is 9.66. The molecule has 1 aromatic rings. The van der Waals surface area contributed by atoms with Crippen LogP contribution in [0.5, 0.6) is 0 Å². The molecule has 2 nitrogen and oxygen atoms in total. The van der Waals surface area contributed by atoms with Gasteiger partial charge in [0.05, 0.1) is 5.41 Å². The summed E-state index contributed by atoms with van der Waals surface area (Å²) in [5.41, 5.74) is 4.89. The Morgan fingerprint density at radius 3 is 2.16 bits per heavy atom. The van der Waals surface area contributed by atoms with Crippen molar-refractivity contribution in [2.75, 3.05) is 13.1 Å². The summed E-state index contributed by atoms with van der Waals surface area (Å²) < 4.78 is 0. The molecule has 0 unspecified atom stereocenters. The Kier molecular flexibility index (Phi) is 4.10. The Hall–Kier alpha value is -1.15. The number of aryl methyl sites for hydroxylation is 3. The molecule has 0 aromatic heterocycles. The van der Waals surface area contributed by atoms with Gasteiger partial charge in [0, 0.05) is 6.42 Å². The van der Waals surface area contributed by atoms with E-state index in [-0.39, 0.29) is 5.41 Å². The summed E-state index contributed by atoms with van der Waals surface area (Å²) >= 11 is 0. The molecule has 1 aliphatic heterocycles. The molecule has 0 aliphatic carbocycles. The quantitative estimate of drug-likeness (QED) is 0.903. The lowest BCUT2D eigenvalue weighted by Crippen LogP contribution is -2.46. The number of carbonyl (C=O) groups is 1. The largest absolute Gasteiger partial charge is 0.317 e. The van der Waals surface area contributed by atoms with E-state index in [0.717, 1.165) is 25.9 Å². The molecule has 0 spiro atoms. The van der Waals surface area contributed by atoms with E-state index in [1.807, 2.05) is 6.92 Å². The van der Waals surface area contributed by atoms with Gasteiger partial charge in [-0.1, -0.05) is 24.6 Å². The number of Topliss-reactive ketones (excluding diaryl/α,β-unsaturated/α-hetero) is 1. The fourth-order valence-corrected chi connectivity index (χ4v) is 3.80. The highest BCUT2D eigenvalue weighted by Gasteiger charge is 2.41. The molecule has 1 fully saturated rings. The first kappa shape index (κ1) is 14.3. The topological polar surface area (TPSA) is 29.1 Å². The summed E-state index contributed by atoms with van der Waals surface area (Å²) in [6.45, 7) is 10.3. The minimum Gasteiger partial charge on any atom is -0.317 e. The summed E-state index contributed by atoms with van der Waals surface area (Å²) in [6, 6.07) is 4.43. The van der Waals surface area contributed by atoms with Crippen molar-refractivity contribution in [1.82, 2.24) is 5.32 Å². The summed E-state index contributed by atoms with van der Waals surface area (Å²) in [5, 5.41) is 3.39. The fourth-order valence-electron chi connectivity index (χ4n) is 3.80. The van der Waals surface area contributed by atoms with Crippen molar-refractivity contribution in [3.63, 3.8) is 0 Å². The van der Waals surface area contributed by atoms with Crippen molar-refractivity contribution in [1.29, 1.82) is 0 Å². The molecule has 0 bridgehead atoms. The van der Waals surface area contributed by atoms with E-state index < -0.39 is 0 Å². The van der Waals surface area contributed by atoms with Crippen LogP contribution in [0.15, 0.2) is 12.1 Å². The molecule has 1 aromatic carbocycles. The van der Waals surface area contributed by atoms with Crippen LogP contribution in [0.2, 0.25) is 0 Å². The molecule has 0 radical (unpaired) electrons. The molecular formula is C17H25NO. The molecule has 0 amide bonds. The first-order chi connectivity index (χ1) is 9.01. The Bertz CT molecular complexity index is 461. The Balaban J connectivity index is 2.59. The van der Waals surface area contributed by atoms with Crippen LogP contribution in [0.3, 0.4) is 0 Å². The van der Waals surface area contributed by atoms with E-state index in [9.17, 15) is 4.79 Å². The van der Waals surface area contributed by atoms with Crippen LogP contribution in [0.1, 0.15) is 48.4 Å². The van der Waals surface area contributed by atoms with Crippen molar-refractivity contribution in [3.8, 4) is 0 Å². The van der Waals surface area contributed by atoms with Gasteiger partial charge in [-0.25, -0.2) is 0 Å². The Morgan fingerprint density at radius 1 is 1.16 bits per heavy atom. The van der Waals surface area contributed by atoms with Gasteiger partial charge in [-0.2, -0.15) is 0 Å². The smallest absolute Gasteiger partial charge is 0.143 e. The third-order valence-electron chi connectivity index (χ3n) is 4.47. The van der Waals surface area contributed by atoms with Gasteiger partial charge in [-0.05, 0) is 63.4 Å². The number of piperidine rings is 1. The van der Waals surface area contributed by atoms with Gasteiger partial charge in [0.15, 0.2) is 0 Å². The predicted molar refractivity (Wildman–Crippen MR) is 79.7 cm³/mol. The minimum atomic E-state index is -0.248. The lowest BCUT2D eigenvalue weighted by molar-refractivity contribution is -0.125. The second-order valence-corrected chi connectivity index (χ2v) is 5.88. The highest BCUT2D eigenvalue weighted by molar-refractivity contribution is 5.91. The number of nitrogens with one attached hydrogen (secondary N) is 1. The standard InChI is InChI=1S/C17H25NO/c1-5-15(19)17(6-8-18-9-7-17)16-13(3)10-12(2)11-14(16)4/h10-11,18H,5-9H2,1-4H3. The maximum Gasteiger partial charge on any atom is 0.143 e. The van der Waals surface area contributed by atoms with Crippen LogP contribution in [0.25, 0.3) is 0 Å². The number of hydrogen-bond donors (Lipinski definition) is 1. The lowest BCUT2D eigenvalue weighted by Gasteiger charge is -2.39. The van der Waals surface area contributed by atoms with Crippen LogP contribution in [-0.2, 0) is 10.2 Å². The van der Waals surface area contributed by atoms with Gasteiger partial charge in [-0.15, -0.1) is 0 Å². The fraction of sp³-hybridized carbons (Fsp3) is 0.588. The van der Waals surface area contributed by atoms with E-state index in [0.29, 0.717) is 12.2 Å². The average molecular weight is 259 g/mol. The molecule has 0 saturated carbocycles. The van der Waals surface area contributed by atoms with E-state index >= 15 is 0 Å². The summed E-state index contributed by atoms with van der Waals surface area (Å²) in [4.78, 5) is 12.7. The summed E-state index contributed by atoms with van der Waals surface area (Å²) in [6.07, 6.45) is 2.50. The molecule has 104 valence electrons. The van der Waals surface area contributed by atoms with Gasteiger partial charge in [0.1, 0.15) is 5.78 Å². The first-order valence-electron chi connectivity index (χ1n) is 7.33. The van der Waals surface area contributed by atoms with Crippen LogP contribution in [-0.4, -0.2) is 18.9 Å². The average Bonchev–Trinajstić information content (AvgIpc) is 2.37. The van der Waals surface area contributed by atoms with E-state index in [2.05, 4.69) is 38.2 Å². The molecule has 1 aliphatic rings. The number of rotatable bonds is 3. The number of ketones is 1. The van der Waals surface area contributed by atoms with Crippen molar-refractivity contribution < 1.29 is 4.79 Å².